The van der Waals surface area contributed by atoms with E-state index in [1.54, 1.807) is 0 Å². The summed E-state index contributed by atoms with van der Waals surface area (Å²) in [6.07, 6.45) is 15.5. The monoisotopic (exact) mass is 368 g/mol. The summed E-state index contributed by atoms with van der Waals surface area (Å²) < 4.78 is 8.88. The molecular formula is C18H34NaO4P. The molecule has 3 N–H and O–H groups in total. The van der Waals surface area contributed by atoms with Crippen molar-refractivity contribution in [1.29, 1.82) is 0 Å². The van der Waals surface area contributed by atoms with Crippen molar-refractivity contribution in [2.45, 2.75) is 77.6 Å². The molecule has 0 bridgehead atoms. The topological polar surface area (TPSA) is 77.8 Å². The maximum absolute atomic E-state index is 8.88. The van der Waals surface area contributed by atoms with Crippen LogP contribution >= 0.6 is 7.82 Å². The zero-order valence-electron chi connectivity index (χ0n) is 16.4. The molecule has 0 aliphatic heterocycles. The molecule has 6 heteroatoms. The average Bonchev–Trinajstić information content (AvgIpc) is 2.48. The minimum Gasteiger partial charge on any atom is -1.00 e. The van der Waals surface area contributed by atoms with E-state index >= 15 is 0 Å². The Labute approximate surface area is 171 Å². The fourth-order valence-electron chi connectivity index (χ4n) is 2.46. The summed E-state index contributed by atoms with van der Waals surface area (Å²) in [5.74, 6) is 0. The van der Waals surface area contributed by atoms with E-state index < -0.39 is 7.82 Å². The standard InChI is InChI=1S/C18H30.Na.H3O4P.H/c1-2-3-4-5-6-7-8-9-10-12-15-18-16-13-11-14-17-18;;1-5(2,3)4;/h11,13-14,16-17H,2-10,12,15H2,1H3;;(H3,1,2,3,4);/q;+1;;-1. The van der Waals surface area contributed by atoms with E-state index in [1.807, 2.05) is 0 Å². The molecule has 0 aliphatic rings. The zero-order chi connectivity index (χ0) is 17.4. The third-order valence-electron chi connectivity index (χ3n) is 3.66. The van der Waals surface area contributed by atoms with E-state index in [1.165, 1.54) is 76.2 Å². The van der Waals surface area contributed by atoms with Gasteiger partial charge in [0.05, 0.1) is 0 Å². The minimum atomic E-state index is -4.64. The van der Waals surface area contributed by atoms with Crippen LogP contribution in [0.1, 0.15) is 78.1 Å². The molecule has 0 saturated carbocycles. The summed E-state index contributed by atoms with van der Waals surface area (Å²) >= 11 is 0. The summed E-state index contributed by atoms with van der Waals surface area (Å²) in [5, 5.41) is 0. The van der Waals surface area contributed by atoms with Gasteiger partial charge in [-0.2, -0.15) is 0 Å². The van der Waals surface area contributed by atoms with Crippen LogP contribution < -0.4 is 29.6 Å². The van der Waals surface area contributed by atoms with Gasteiger partial charge in [0.1, 0.15) is 0 Å². The van der Waals surface area contributed by atoms with Gasteiger partial charge >= 0.3 is 37.4 Å². The predicted octanol–water partition coefficient (Wildman–Crippen LogP) is 2.34. The van der Waals surface area contributed by atoms with Crippen molar-refractivity contribution in [1.82, 2.24) is 0 Å². The first-order valence-corrected chi connectivity index (χ1v) is 10.3. The van der Waals surface area contributed by atoms with Crippen LogP contribution in [-0.4, -0.2) is 14.7 Å². The molecule has 1 aromatic rings. The first-order chi connectivity index (χ1) is 10.9. The third kappa shape index (κ3) is 24.6. The van der Waals surface area contributed by atoms with Crippen LogP contribution in [0.4, 0.5) is 0 Å². The smallest absolute Gasteiger partial charge is 1.00 e. The van der Waals surface area contributed by atoms with Gasteiger partial charge in [0.15, 0.2) is 0 Å². The minimum absolute atomic E-state index is 0. The van der Waals surface area contributed by atoms with Crippen LogP contribution in [0.3, 0.4) is 0 Å². The first-order valence-electron chi connectivity index (χ1n) is 8.75. The molecule has 0 unspecified atom stereocenters. The van der Waals surface area contributed by atoms with E-state index in [-0.39, 0.29) is 31.0 Å². The van der Waals surface area contributed by atoms with Crippen molar-refractivity contribution in [3.8, 4) is 0 Å². The predicted molar refractivity (Wildman–Crippen MR) is 97.4 cm³/mol. The van der Waals surface area contributed by atoms with E-state index in [2.05, 4.69) is 37.3 Å². The maximum Gasteiger partial charge on any atom is 1.00 e. The van der Waals surface area contributed by atoms with Gasteiger partial charge in [-0.1, -0.05) is 95.0 Å². The molecule has 0 radical (unpaired) electrons. The molecule has 0 aromatic heterocycles. The van der Waals surface area contributed by atoms with Crippen LogP contribution in [0.25, 0.3) is 0 Å². The summed E-state index contributed by atoms with van der Waals surface area (Å²) in [6.45, 7) is 2.28. The van der Waals surface area contributed by atoms with E-state index in [0.29, 0.717) is 0 Å². The summed E-state index contributed by atoms with van der Waals surface area (Å²) in [6, 6.07) is 10.9. The number of phosphoric acid groups is 1. The summed E-state index contributed by atoms with van der Waals surface area (Å²) in [4.78, 5) is 21.6. The van der Waals surface area contributed by atoms with E-state index in [9.17, 15) is 0 Å². The second-order valence-corrected chi connectivity index (χ2v) is 6.96. The molecule has 0 amide bonds. The molecule has 0 spiro atoms. The van der Waals surface area contributed by atoms with Gasteiger partial charge in [-0.25, -0.2) is 4.57 Å². The second kappa shape index (κ2) is 18.1. The van der Waals surface area contributed by atoms with Gasteiger partial charge in [0, 0.05) is 0 Å². The molecule has 1 aromatic carbocycles. The Balaban J connectivity index is -0.000000610. The Morgan fingerprint density at radius 1 is 0.792 bits per heavy atom. The molecular weight excluding hydrogens is 334 g/mol. The fraction of sp³-hybridized carbons (Fsp3) is 0.667. The number of aryl methyl sites for hydroxylation is 1. The molecule has 0 aliphatic carbocycles. The van der Waals surface area contributed by atoms with Gasteiger partial charge in [-0.05, 0) is 18.4 Å². The van der Waals surface area contributed by atoms with Gasteiger partial charge in [0.2, 0.25) is 0 Å². The van der Waals surface area contributed by atoms with E-state index in [4.69, 9.17) is 19.2 Å². The van der Waals surface area contributed by atoms with Crippen LogP contribution in [0.2, 0.25) is 0 Å². The maximum atomic E-state index is 8.88. The number of hydrogen-bond donors (Lipinski definition) is 3. The molecule has 0 fully saturated rings. The number of rotatable bonds is 11. The van der Waals surface area contributed by atoms with Crippen LogP contribution in [-0.2, 0) is 11.0 Å². The molecule has 0 atom stereocenters. The van der Waals surface area contributed by atoms with Crippen LogP contribution in [0, 0.1) is 0 Å². The van der Waals surface area contributed by atoms with Crippen molar-refractivity contribution < 1.29 is 50.2 Å². The van der Waals surface area contributed by atoms with Gasteiger partial charge < -0.3 is 16.1 Å². The molecule has 4 nitrogen and oxygen atoms in total. The Morgan fingerprint density at radius 3 is 1.58 bits per heavy atom. The largest absolute Gasteiger partial charge is 1.00 e. The first kappa shape index (κ1) is 26.6. The quantitative estimate of drug-likeness (QED) is 0.318. The zero-order valence-corrected chi connectivity index (χ0v) is 18.3. The average molecular weight is 368 g/mol. The van der Waals surface area contributed by atoms with Crippen molar-refractivity contribution in [2.24, 2.45) is 0 Å². The molecule has 1 rings (SSSR count). The van der Waals surface area contributed by atoms with Crippen molar-refractivity contribution in [2.75, 3.05) is 0 Å². The van der Waals surface area contributed by atoms with Crippen LogP contribution in [0.5, 0.6) is 0 Å². The Bertz CT molecular complexity index is 407. The van der Waals surface area contributed by atoms with Crippen LogP contribution in [0.15, 0.2) is 30.3 Å². The van der Waals surface area contributed by atoms with Crippen molar-refractivity contribution in [3.05, 3.63) is 35.9 Å². The van der Waals surface area contributed by atoms with Gasteiger partial charge in [-0.3, -0.25) is 0 Å². The molecule has 0 heterocycles. The Morgan fingerprint density at radius 2 is 1.17 bits per heavy atom. The van der Waals surface area contributed by atoms with Crippen molar-refractivity contribution in [3.63, 3.8) is 0 Å². The summed E-state index contributed by atoms with van der Waals surface area (Å²) in [5.41, 5.74) is 1.50. The Kier molecular flexibility index (Phi) is 20.1. The Hall–Kier alpha value is 0.330. The summed E-state index contributed by atoms with van der Waals surface area (Å²) in [7, 11) is -4.64. The molecule has 0 saturated heterocycles. The number of benzene rings is 1. The SMILES string of the molecule is CCCCCCCCCCCCc1ccccc1.O=P(O)(O)O.[H-].[Na+]. The fourth-order valence-corrected chi connectivity index (χ4v) is 2.46. The van der Waals surface area contributed by atoms with Gasteiger partial charge in [-0.15, -0.1) is 0 Å². The van der Waals surface area contributed by atoms with Gasteiger partial charge in [0.25, 0.3) is 0 Å². The third-order valence-corrected chi connectivity index (χ3v) is 3.66. The normalized spacial score (nSPS) is 10.5. The number of hydrogen-bond acceptors (Lipinski definition) is 1. The molecule has 24 heavy (non-hydrogen) atoms. The van der Waals surface area contributed by atoms with Crippen molar-refractivity contribution >= 4 is 7.82 Å². The number of unbranched alkanes of at least 4 members (excludes halogenated alkanes) is 9. The second-order valence-electron chi connectivity index (χ2n) is 5.93. The van der Waals surface area contributed by atoms with E-state index in [0.717, 1.165) is 0 Å². The molecule has 136 valence electrons.